The van der Waals surface area contributed by atoms with E-state index < -0.39 is 0 Å². The minimum atomic E-state index is -0.262. The van der Waals surface area contributed by atoms with E-state index in [4.69, 9.17) is 11.6 Å². The number of rotatable bonds is 3. The van der Waals surface area contributed by atoms with E-state index in [0.29, 0.717) is 5.52 Å². The predicted octanol–water partition coefficient (Wildman–Crippen LogP) is 5.32. The average Bonchev–Trinajstić information content (AvgIpc) is 2.94. The normalized spacial score (nSPS) is 12.8. The van der Waals surface area contributed by atoms with Gasteiger partial charge in [-0.25, -0.2) is 9.37 Å². The standard InChI is InChI=1S/C13H10ClFN2S2/c1-7(10-4-5-12(14)18-10)16-13-17-9-6-8(15)2-3-11(9)19-13/h2-7H,1H3,(H,16,17). The third-order valence-corrected chi connectivity index (χ3v) is 5.09. The van der Waals surface area contributed by atoms with Gasteiger partial charge in [0, 0.05) is 10.9 Å². The molecule has 0 radical (unpaired) electrons. The van der Waals surface area contributed by atoms with Crippen molar-refractivity contribution in [2.45, 2.75) is 13.0 Å². The van der Waals surface area contributed by atoms with Gasteiger partial charge in [0.15, 0.2) is 5.13 Å². The molecule has 3 aromatic rings. The number of thiazole rings is 1. The summed E-state index contributed by atoms with van der Waals surface area (Å²) < 4.78 is 14.9. The zero-order valence-corrected chi connectivity index (χ0v) is 12.4. The third-order valence-electron chi connectivity index (χ3n) is 2.71. The Bertz CT molecular complexity index is 722. The minimum Gasteiger partial charge on any atom is -0.354 e. The molecule has 98 valence electrons. The molecule has 0 aliphatic heterocycles. The first-order valence-electron chi connectivity index (χ1n) is 5.70. The lowest BCUT2D eigenvalue weighted by Crippen LogP contribution is -2.03. The van der Waals surface area contributed by atoms with E-state index >= 15 is 0 Å². The largest absolute Gasteiger partial charge is 0.354 e. The molecule has 1 atom stereocenters. The zero-order valence-electron chi connectivity index (χ0n) is 9.98. The number of hydrogen-bond acceptors (Lipinski definition) is 4. The summed E-state index contributed by atoms with van der Waals surface area (Å²) in [6.45, 7) is 2.05. The van der Waals surface area contributed by atoms with Crippen LogP contribution < -0.4 is 5.32 Å². The van der Waals surface area contributed by atoms with Crippen molar-refractivity contribution >= 4 is 49.6 Å². The number of benzene rings is 1. The van der Waals surface area contributed by atoms with Crippen molar-refractivity contribution in [3.63, 3.8) is 0 Å². The highest BCUT2D eigenvalue weighted by Gasteiger charge is 2.11. The summed E-state index contributed by atoms with van der Waals surface area (Å²) in [6.07, 6.45) is 0. The lowest BCUT2D eigenvalue weighted by Gasteiger charge is -2.09. The van der Waals surface area contributed by atoms with Crippen molar-refractivity contribution in [3.05, 3.63) is 45.4 Å². The van der Waals surface area contributed by atoms with Gasteiger partial charge >= 0.3 is 0 Å². The van der Waals surface area contributed by atoms with Gasteiger partial charge in [0.25, 0.3) is 0 Å². The molecule has 2 aromatic heterocycles. The highest BCUT2D eigenvalue weighted by atomic mass is 35.5. The van der Waals surface area contributed by atoms with E-state index in [1.807, 2.05) is 12.1 Å². The molecule has 0 aliphatic rings. The Morgan fingerprint density at radius 1 is 1.26 bits per heavy atom. The molecular formula is C13H10ClFN2S2. The van der Waals surface area contributed by atoms with Crippen LogP contribution in [0.2, 0.25) is 4.34 Å². The van der Waals surface area contributed by atoms with E-state index in [2.05, 4.69) is 17.2 Å². The maximum atomic E-state index is 13.1. The quantitative estimate of drug-likeness (QED) is 0.707. The average molecular weight is 313 g/mol. The minimum absolute atomic E-state index is 0.128. The molecule has 0 bridgehead atoms. The second-order valence-electron chi connectivity index (χ2n) is 4.14. The molecule has 0 saturated carbocycles. The number of nitrogens with zero attached hydrogens (tertiary/aromatic N) is 1. The molecular weight excluding hydrogens is 303 g/mol. The van der Waals surface area contributed by atoms with Gasteiger partial charge in [-0.15, -0.1) is 11.3 Å². The topological polar surface area (TPSA) is 24.9 Å². The first-order valence-corrected chi connectivity index (χ1v) is 7.71. The summed E-state index contributed by atoms with van der Waals surface area (Å²) in [5, 5.41) is 4.11. The van der Waals surface area contributed by atoms with Crippen LogP contribution in [0.25, 0.3) is 10.2 Å². The van der Waals surface area contributed by atoms with Gasteiger partial charge in [0.2, 0.25) is 0 Å². The van der Waals surface area contributed by atoms with Crippen LogP contribution in [0.3, 0.4) is 0 Å². The fourth-order valence-corrected chi connectivity index (χ4v) is 3.78. The second-order valence-corrected chi connectivity index (χ2v) is 6.92. The molecule has 1 N–H and O–H groups in total. The number of fused-ring (bicyclic) bond motifs is 1. The zero-order chi connectivity index (χ0) is 13.4. The Labute approximate surface area is 122 Å². The molecule has 2 heterocycles. The summed E-state index contributed by atoms with van der Waals surface area (Å²) in [6, 6.07) is 8.66. The smallest absolute Gasteiger partial charge is 0.184 e. The van der Waals surface area contributed by atoms with Gasteiger partial charge in [-0.3, -0.25) is 0 Å². The van der Waals surface area contributed by atoms with Crippen molar-refractivity contribution in [3.8, 4) is 0 Å². The summed E-state index contributed by atoms with van der Waals surface area (Å²) in [5.41, 5.74) is 0.684. The van der Waals surface area contributed by atoms with Crippen LogP contribution in [0.15, 0.2) is 30.3 Å². The third kappa shape index (κ3) is 2.73. The van der Waals surface area contributed by atoms with E-state index in [9.17, 15) is 4.39 Å². The van der Waals surface area contributed by atoms with E-state index in [-0.39, 0.29) is 11.9 Å². The molecule has 6 heteroatoms. The second kappa shape index (κ2) is 5.07. The molecule has 0 spiro atoms. The van der Waals surface area contributed by atoms with Crippen molar-refractivity contribution in [2.24, 2.45) is 0 Å². The number of halogens is 2. The number of thiophene rings is 1. The van der Waals surface area contributed by atoms with Crippen molar-refractivity contribution in [1.29, 1.82) is 0 Å². The lowest BCUT2D eigenvalue weighted by molar-refractivity contribution is 0.629. The number of anilines is 1. The highest BCUT2D eigenvalue weighted by Crippen LogP contribution is 2.32. The van der Waals surface area contributed by atoms with E-state index in [1.165, 1.54) is 23.5 Å². The summed E-state index contributed by atoms with van der Waals surface area (Å²) in [5.74, 6) is -0.262. The Morgan fingerprint density at radius 2 is 2.11 bits per heavy atom. The van der Waals surface area contributed by atoms with Crippen molar-refractivity contribution < 1.29 is 4.39 Å². The molecule has 1 unspecified atom stereocenters. The van der Waals surface area contributed by atoms with Crippen LogP contribution in [-0.4, -0.2) is 4.98 Å². The first-order chi connectivity index (χ1) is 9.11. The lowest BCUT2D eigenvalue weighted by atomic mass is 10.3. The molecule has 0 aliphatic carbocycles. The molecule has 0 amide bonds. The summed E-state index contributed by atoms with van der Waals surface area (Å²) >= 11 is 8.99. The monoisotopic (exact) mass is 312 g/mol. The van der Waals surface area contributed by atoms with Crippen LogP contribution >= 0.6 is 34.3 Å². The Balaban J connectivity index is 1.85. The first kappa shape index (κ1) is 12.8. The predicted molar refractivity (Wildman–Crippen MR) is 80.9 cm³/mol. The van der Waals surface area contributed by atoms with Gasteiger partial charge in [-0.05, 0) is 31.2 Å². The Hall–Kier alpha value is -1.17. The number of hydrogen-bond donors (Lipinski definition) is 1. The molecule has 0 saturated heterocycles. The van der Waals surface area contributed by atoms with Gasteiger partial charge < -0.3 is 5.32 Å². The van der Waals surface area contributed by atoms with Crippen molar-refractivity contribution in [1.82, 2.24) is 4.98 Å². The van der Waals surface area contributed by atoms with Crippen LogP contribution in [0.5, 0.6) is 0 Å². The van der Waals surface area contributed by atoms with Gasteiger partial charge in [-0.2, -0.15) is 0 Å². The van der Waals surface area contributed by atoms with E-state index in [1.54, 1.807) is 17.4 Å². The fourth-order valence-electron chi connectivity index (χ4n) is 1.78. The Kier molecular flexibility index (Phi) is 3.43. The van der Waals surface area contributed by atoms with Crippen LogP contribution in [0.1, 0.15) is 17.8 Å². The van der Waals surface area contributed by atoms with E-state index in [0.717, 1.165) is 19.0 Å². The maximum absolute atomic E-state index is 13.1. The van der Waals surface area contributed by atoms with Crippen LogP contribution in [-0.2, 0) is 0 Å². The molecule has 2 nitrogen and oxygen atoms in total. The number of aromatic nitrogens is 1. The van der Waals surface area contributed by atoms with Crippen molar-refractivity contribution in [2.75, 3.05) is 5.32 Å². The molecule has 19 heavy (non-hydrogen) atoms. The van der Waals surface area contributed by atoms with Gasteiger partial charge in [0.05, 0.1) is 20.6 Å². The SMILES string of the molecule is CC(Nc1nc2cc(F)ccc2s1)c1ccc(Cl)s1. The van der Waals surface area contributed by atoms with Gasteiger partial charge in [0.1, 0.15) is 5.82 Å². The fraction of sp³-hybridized carbons (Fsp3) is 0.154. The van der Waals surface area contributed by atoms with Crippen LogP contribution in [0.4, 0.5) is 9.52 Å². The summed E-state index contributed by atoms with van der Waals surface area (Å²) in [4.78, 5) is 5.53. The molecule has 3 rings (SSSR count). The maximum Gasteiger partial charge on any atom is 0.184 e. The van der Waals surface area contributed by atoms with Crippen LogP contribution in [0, 0.1) is 5.82 Å². The van der Waals surface area contributed by atoms with Gasteiger partial charge in [-0.1, -0.05) is 22.9 Å². The molecule has 0 fully saturated rings. The number of nitrogens with one attached hydrogen (secondary N) is 1. The highest BCUT2D eigenvalue weighted by molar-refractivity contribution is 7.22. The Morgan fingerprint density at radius 3 is 2.84 bits per heavy atom. The molecule has 1 aromatic carbocycles. The summed E-state index contributed by atoms with van der Waals surface area (Å²) in [7, 11) is 0.